The van der Waals surface area contributed by atoms with E-state index < -0.39 is 11.9 Å². The first-order valence-corrected chi connectivity index (χ1v) is 9.60. The molecule has 2 atom stereocenters. The molecule has 1 aromatic rings. The highest BCUT2D eigenvalue weighted by Gasteiger charge is 2.38. The van der Waals surface area contributed by atoms with E-state index in [0.717, 1.165) is 37.4 Å². The van der Waals surface area contributed by atoms with Crippen LogP contribution in [0.1, 0.15) is 32.6 Å². The van der Waals surface area contributed by atoms with Gasteiger partial charge < -0.3 is 19.6 Å². The molecular formula is C20H28N2O4. The number of para-hydroxylation sites is 2. The molecule has 26 heavy (non-hydrogen) atoms. The van der Waals surface area contributed by atoms with Gasteiger partial charge in [-0.3, -0.25) is 9.59 Å². The van der Waals surface area contributed by atoms with Gasteiger partial charge in [0.05, 0.1) is 24.1 Å². The van der Waals surface area contributed by atoms with Crippen molar-refractivity contribution in [2.75, 3.05) is 37.7 Å². The quantitative estimate of drug-likeness (QED) is 0.874. The summed E-state index contributed by atoms with van der Waals surface area (Å²) in [5.41, 5.74) is 1.06. The number of piperazine rings is 1. The van der Waals surface area contributed by atoms with Crippen LogP contribution in [-0.2, 0) is 9.59 Å². The molecule has 0 spiro atoms. The van der Waals surface area contributed by atoms with Crippen molar-refractivity contribution < 1.29 is 19.4 Å². The van der Waals surface area contributed by atoms with Crippen molar-refractivity contribution in [3.8, 4) is 5.75 Å². The lowest BCUT2D eigenvalue weighted by molar-refractivity contribution is -0.152. The van der Waals surface area contributed by atoms with Gasteiger partial charge in [-0.05, 0) is 31.9 Å². The van der Waals surface area contributed by atoms with Crippen molar-refractivity contribution in [3.63, 3.8) is 0 Å². The summed E-state index contributed by atoms with van der Waals surface area (Å²) < 4.78 is 5.71. The molecule has 1 aromatic carbocycles. The molecule has 1 aliphatic heterocycles. The zero-order chi connectivity index (χ0) is 18.5. The second-order valence-corrected chi connectivity index (χ2v) is 7.05. The first kappa shape index (κ1) is 18.5. The maximum atomic E-state index is 12.9. The van der Waals surface area contributed by atoms with Gasteiger partial charge in [0.2, 0.25) is 5.91 Å². The summed E-state index contributed by atoms with van der Waals surface area (Å²) in [5.74, 6) is -0.813. The van der Waals surface area contributed by atoms with E-state index in [0.29, 0.717) is 32.5 Å². The van der Waals surface area contributed by atoms with Crippen LogP contribution in [0.3, 0.4) is 0 Å². The van der Waals surface area contributed by atoms with Crippen molar-refractivity contribution in [3.05, 3.63) is 24.3 Å². The fourth-order valence-corrected chi connectivity index (χ4v) is 4.12. The van der Waals surface area contributed by atoms with Crippen LogP contribution in [-0.4, -0.2) is 54.7 Å². The number of carboxylic acid groups (broad SMARTS) is 1. The number of anilines is 1. The van der Waals surface area contributed by atoms with Crippen molar-refractivity contribution >= 4 is 17.6 Å². The Labute approximate surface area is 154 Å². The van der Waals surface area contributed by atoms with E-state index in [1.54, 1.807) is 0 Å². The van der Waals surface area contributed by atoms with Crippen LogP contribution in [0.2, 0.25) is 0 Å². The molecule has 2 aliphatic rings. The lowest BCUT2D eigenvalue weighted by Gasteiger charge is -2.39. The predicted octanol–water partition coefficient (Wildman–Crippen LogP) is 2.62. The van der Waals surface area contributed by atoms with E-state index in [4.69, 9.17) is 4.74 Å². The molecule has 142 valence electrons. The average Bonchev–Trinajstić information content (AvgIpc) is 2.68. The summed E-state index contributed by atoms with van der Waals surface area (Å²) in [7, 11) is 0. The molecule has 1 heterocycles. The molecule has 1 amide bonds. The Balaban J connectivity index is 1.63. The Morgan fingerprint density at radius 3 is 2.38 bits per heavy atom. The smallest absolute Gasteiger partial charge is 0.307 e. The predicted molar refractivity (Wildman–Crippen MR) is 99.5 cm³/mol. The van der Waals surface area contributed by atoms with Gasteiger partial charge in [-0.15, -0.1) is 0 Å². The van der Waals surface area contributed by atoms with Crippen molar-refractivity contribution in [2.24, 2.45) is 11.8 Å². The fourth-order valence-electron chi connectivity index (χ4n) is 4.12. The average molecular weight is 360 g/mol. The fraction of sp³-hybridized carbons (Fsp3) is 0.600. The Kier molecular flexibility index (Phi) is 6.01. The molecule has 1 saturated heterocycles. The number of benzene rings is 1. The van der Waals surface area contributed by atoms with Gasteiger partial charge in [0.25, 0.3) is 0 Å². The highest BCUT2D eigenvalue weighted by Crippen LogP contribution is 2.33. The molecule has 0 aromatic heterocycles. The van der Waals surface area contributed by atoms with Gasteiger partial charge >= 0.3 is 5.97 Å². The minimum absolute atomic E-state index is 0.0230. The van der Waals surface area contributed by atoms with E-state index in [1.165, 1.54) is 0 Å². The Hall–Kier alpha value is -2.24. The van der Waals surface area contributed by atoms with Crippen LogP contribution in [0.15, 0.2) is 24.3 Å². The number of hydrogen-bond donors (Lipinski definition) is 1. The second-order valence-electron chi connectivity index (χ2n) is 7.05. The standard InChI is InChI=1S/C20H28N2O4/c1-2-26-18-10-6-5-9-17(18)21-11-13-22(14-12-21)19(23)15-7-3-4-8-16(15)20(24)25/h5-6,9-10,15-16H,2-4,7-8,11-14H2,1H3,(H,24,25)/t15-,16-/m0/s1. The topological polar surface area (TPSA) is 70.1 Å². The largest absolute Gasteiger partial charge is 0.492 e. The first-order chi connectivity index (χ1) is 12.6. The molecule has 1 N–H and O–H groups in total. The number of hydrogen-bond acceptors (Lipinski definition) is 4. The molecule has 6 nitrogen and oxygen atoms in total. The summed E-state index contributed by atoms with van der Waals surface area (Å²) in [5, 5.41) is 9.43. The molecule has 3 rings (SSSR count). The van der Waals surface area contributed by atoms with Crippen LogP contribution in [0.4, 0.5) is 5.69 Å². The van der Waals surface area contributed by atoms with Gasteiger partial charge in [0, 0.05) is 26.2 Å². The van der Waals surface area contributed by atoms with E-state index in [1.807, 2.05) is 36.1 Å². The van der Waals surface area contributed by atoms with Crippen LogP contribution < -0.4 is 9.64 Å². The maximum Gasteiger partial charge on any atom is 0.307 e. The Morgan fingerprint density at radius 2 is 1.73 bits per heavy atom. The highest BCUT2D eigenvalue weighted by atomic mass is 16.5. The van der Waals surface area contributed by atoms with Gasteiger partial charge in [-0.25, -0.2) is 0 Å². The SMILES string of the molecule is CCOc1ccccc1N1CCN(C(=O)[C@H]2CCCC[C@@H]2C(=O)O)CC1. The van der Waals surface area contributed by atoms with Crippen LogP contribution >= 0.6 is 0 Å². The third kappa shape index (κ3) is 3.94. The minimum atomic E-state index is -0.827. The normalized spacial score (nSPS) is 23.6. The van der Waals surface area contributed by atoms with Crippen LogP contribution in [0.25, 0.3) is 0 Å². The number of carboxylic acids is 1. The zero-order valence-electron chi connectivity index (χ0n) is 15.4. The third-order valence-corrected chi connectivity index (χ3v) is 5.50. The molecule has 6 heteroatoms. The second kappa shape index (κ2) is 8.43. The van der Waals surface area contributed by atoms with E-state index in [2.05, 4.69) is 4.90 Å². The summed E-state index contributed by atoms with van der Waals surface area (Å²) in [6, 6.07) is 7.97. The molecular weight excluding hydrogens is 332 g/mol. The zero-order valence-corrected chi connectivity index (χ0v) is 15.4. The Morgan fingerprint density at radius 1 is 1.08 bits per heavy atom. The van der Waals surface area contributed by atoms with E-state index in [9.17, 15) is 14.7 Å². The number of nitrogens with zero attached hydrogens (tertiary/aromatic N) is 2. The van der Waals surface area contributed by atoms with Crippen molar-refractivity contribution in [1.82, 2.24) is 4.90 Å². The van der Waals surface area contributed by atoms with Gasteiger partial charge in [-0.2, -0.15) is 0 Å². The number of carbonyl (C=O) groups excluding carboxylic acids is 1. The maximum absolute atomic E-state index is 12.9. The van der Waals surface area contributed by atoms with Crippen LogP contribution in [0, 0.1) is 11.8 Å². The molecule has 1 saturated carbocycles. The van der Waals surface area contributed by atoms with Crippen molar-refractivity contribution in [1.29, 1.82) is 0 Å². The van der Waals surface area contributed by atoms with Gasteiger partial charge in [-0.1, -0.05) is 25.0 Å². The summed E-state index contributed by atoms with van der Waals surface area (Å²) in [4.78, 5) is 28.5. The highest BCUT2D eigenvalue weighted by molar-refractivity contribution is 5.85. The molecule has 0 radical (unpaired) electrons. The summed E-state index contributed by atoms with van der Waals surface area (Å²) in [6.45, 7) is 5.31. The van der Waals surface area contributed by atoms with Gasteiger partial charge in [0.1, 0.15) is 5.75 Å². The Bertz CT molecular complexity index is 640. The monoisotopic (exact) mass is 360 g/mol. The number of aliphatic carboxylic acids is 1. The van der Waals surface area contributed by atoms with E-state index >= 15 is 0 Å². The molecule has 2 fully saturated rings. The number of amides is 1. The van der Waals surface area contributed by atoms with Gasteiger partial charge in [0.15, 0.2) is 0 Å². The van der Waals surface area contributed by atoms with E-state index in [-0.39, 0.29) is 11.8 Å². The van der Waals surface area contributed by atoms with Crippen molar-refractivity contribution in [2.45, 2.75) is 32.6 Å². The lowest BCUT2D eigenvalue weighted by atomic mass is 9.78. The number of carbonyl (C=O) groups is 2. The first-order valence-electron chi connectivity index (χ1n) is 9.60. The number of rotatable bonds is 5. The molecule has 1 aliphatic carbocycles. The minimum Gasteiger partial charge on any atom is -0.492 e. The molecule has 0 unspecified atom stereocenters. The third-order valence-electron chi connectivity index (χ3n) is 5.50. The summed E-state index contributed by atoms with van der Waals surface area (Å²) >= 11 is 0. The van der Waals surface area contributed by atoms with Crippen LogP contribution in [0.5, 0.6) is 5.75 Å². The summed E-state index contributed by atoms with van der Waals surface area (Å²) in [6.07, 6.45) is 3.17. The number of ether oxygens (including phenoxy) is 1. The molecule has 0 bridgehead atoms. The lowest BCUT2D eigenvalue weighted by Crippen LogP contribution is -2.52.